The maximum absolute atomic E-state index is 11.8. The fourth-order valence-corrected chi connectivity index (χ4v) is 2.36. The molecule has 1 aromatic carbocycles. The van der Waals surface area contributed by atoms with Crippen molar-refractivity contribution in [1.82, 2.24) is 16.0 Å². The Kier molecular flexibility index (Phi) is 6.45. The van der Waals surface area contributed by atoms with Crippen molar-refractivity contribution in [2.75, 3.05) is 12.9 Å². The maximum atomic E-state index is 11.8. The first-order chi connectivity index (χ1) is 11.1. The number of carbonyl (C=O) groups excluding carboxylic acids is 2. The van der Waals surface area contributed by atoms with Crippen LogP contribution in [0.15, 0.2) is 39.8 Å². The summed E-state index contributed by atoms with van der Waals surface area (Å²) in [7, 11) is 1.50. The Balaban J connectivity index is 1.74. The molecule has 7 nitrogen and oxygen atoms in total. The summed E-state index contributed by atoms with van der Waals surface area (Å²) in [5.74, 6) is -0.350. The SMILES string of the molecule is COCc1cc(C(=O)NNC(=O)CSc2ccc(Cl)cc2)no1. The van der Waals surface area contributed by atoms with Crippen molar-refractivity contribution >= 4 is 35.2 Å². The zero-order valence-corrected chi connectivity index (χ0v) is 13.7. The predicted molar refractivity (Wildman–Crippen MR) is 85.0 cm³/mol. The molecular formula is C14H14ClN3O4S. The summed E-state index contributed by atoms with van der Waals surface area (Å²) >= 11 is 7.10. The highest BCUT2D eigenvalue weighted by molar-refractivity contribution is 8.00. The number of halogens is 1. The van der Waals surface area contributed by atoms with E-state index >= 15 is 0 Å². The van der Waals surface area contributed by atoms with E-state index in [1.807, 2.05) is 12.1 Å². The number of rotatable bonds is 6. The van der Waals surface area contributed by atoms with Crippen LogP contribution < -0.4 is 10.9 Å². The van der Waals surface area contributed by atoms with E-state index in [2.05, 4.69) is 16.0 Å². The third kappa shape index (κ3) is 5.59. The van der Waals surface area contributed by atoms with E-state index in [1.54, 1.807) is 12.1 Å². The Labute approximate surface area is 141 Å². The molecule has 2 aromatic rings. The van der Waals surface area contributed by atoms with Crippen LogP contribution in [0.1, 0.15) is 16.2 Å². The van der Waals surface area contributed by atoms with Crippen molar-refractivity contribution in [3.63, 3.8) is 0 Å². The Morgan fingerprint density at radius 1 is 1.30 bits per heavy atom. The minimum absolute atomic E-state index is 0.0581. The van der Waals surface area contributed by atoms with E-state index in [0.717, 1.165) is 4.90 Å². The smallest absolute Gasteiger partial charge is 0.291 e. The van der Waals surface area contributed by atoms with Gasteiger partial charge in [0.05, 0.1) is 5.75 Å². The summed E-state index contributed by atoms with van der Waals surface area (Å²) in [5, 5.41) is 4.21. The summed E-state index contributed by atoms with van der Waals surface area (Å²) in [4.78, 5) is 24.4. The summed E-state index contributed by atoms with van der Waals surface area (Å²) < 4.78 is 9.74. The van der Waals surface area contributed by atoms with Crippen molar-refractivity contribution in [2.45, 2.75) is 11.5 Å². The summed E-state index contributed by atoms with van der Waals surface area (Å²) in [6.07, 6.45) is 0. The van der Waals surface area contributed by atoms with E-state index in [4.69, 9.17) is 20.9 Å². The number of thioether (sulfide) groups is 1. The fraction of sp³-hybridized carbons (Fsp3) is 0.214. The van der Waals surface area contributed by atoms with Crippen molar-refractivity contribution < 1.29 is 18.8 Å². The molecular weight excluding hydrogens is 342 g/mol. The minimum Gasteiger partial charge on any atom is -0.377 e. The molecule has 23 heavy (non-hydrogen) atoms. The van der Waals surface area contributed by atoms with Gasteiger partial charge in [0.25, 0.3) is 5.91 Å². The van der Waals surface area contributed by atoms with Gasteiger partial charge in [-0.1, -0.05) is 16.8 Å². The van der Waals surface area contributed by atoms with E-state index in [-0.39, 0.29) is 24.0 Å². The average molecular weight is 356 g/mol. The zero-order chi connectivity index (χ0) is 16.7. The molecule has 122 valence electrons. The van der Waals surface area contributed by atoms with Gasteiger partial charge in [-0.15, -0.1) is 11.8 Å². The zero-order valence-electron chi connectivity index (χ0n) is 12.2. The number of nitrogens with one attached hydrogen (secondary N) is 2. The molecule has 2 rings (SSSR count). The number of benzene rings is 1. The van der Waals surface area contributed by atoms with Gasteiger partial charge in [-0.2, -0.15) is 0 Å². The van der Waals surface area contributed by atoms with Crippen molar-refractivity contribution in [2.24, 2.45) is 0 Å². The highest BCUT2D eigenvalue weighted by Gasteiger charge is 2.13. The fourth-order valence-electron chi connectivity index (χ4n) is 1.54. The molecule has 1 aromatic heterocycles. The third-order valence-electron chi connectivity index (χ3n) is 2.58. The monoisotopic (exact) mass is 355 g/mol. The second-order valence-corrected chi connectivity index (χ2v) is 5.84. The topological polar surface area (TPSA) is 93.5 Å². The second-order valence-electron chi connectivity index (χ2n) is 4.36. The lowest BCUT2D eigenvalue weighted by atomic mass is 10.3. The van der Waals surface area contributed by atoms with Gasteiger partial charge in [-0.05, 0) is 24.3 Å². The molecule has 0 saturated carbocycles. The molecule has 0 aliphatic heterocycles. The first kappa shape index (κ1) is 17.3. The van der Waals surface area contributed by atoms with Crippen LogP contribution in [0.5, 0.6) is 0 Å². The van der Waals surface area contributed by atoms with Gasteiger partial charge in [-0.25, -0.2) is 0 Å². The highest BCUT2D eigenvalue weighted by Crippen LogP contribution is 2.19. The first-order valence-electron chi connectivity index (χ1n) is 6.50. The normalized spacial score (nSPS) is 10.3. The van der Waals surface area contributed by atoms with Crippen molar-refractivity contribution in [1.29, 1.82) is 0 Å². The van der Waals surface area contributed by atoms with Crippen molar-refractivity contribution in [3.05, 3.63) is 46.8 Å². The molecule has 0 unspecified atom stereocenters. The van der Waals surface area contributed by atoms with Gasteiger partial charge in [0.2, 0.25) is 5.91 Å². The highest BCUT2D eigenvalue weighted by atomic mass is 35.5. The molecule has 0 atom stereocenters. The second kappa shape index (κ2) is 8.56. The lowest BCUT2D eigenvalue weighted by Crippen LogP contribution is -2.42. The quantitative estimate of drug-likeness (QED) is 0.608. The van der Waals surface area contributed by atoms with Crippen LogP contribution in [-0.2, 0) is 16.1 Å². The standard InChI is InChI=1S/C14H14ClN3O4S/c1-21-7-10-6-12(18-22-10)14(20)17-16-13(19)8-23-11-4-2-9(15)3-5-11/h2-6H,7-8H2,1H3,(H,16,19)(H,17,20). The lowest BCUT2D eigenvalue weighted by Gasteiger charge is -2.05. The number of amides is 2. The van der Waals surface area contributed by atoms with Crippen LogP contribution in [0, 0.1) is 0 Å². The van der Waals surface area contributed by atoms with E-state index < -0.39 is 5.91 Å². The molecule has 2 N–H and O–H groups in total. The lowest BCUT2D eigenvalue weighted by molar-refractivity contribution is -0.119. The number of ether oxygens (including phenoxy) is 1. The Morgan fingerprint density at radius 2 is 2.04 bits per heavy atom. The third-order valence-corrected chi connectivity index (χ3v) is 3.84. The molecule has 0 bridgehead atoms. The molecule has 0 aliphatic carbocycles. The number of carbonyl (C=O) groups is 2. The predicted octanol–water partition coefficient (Wildman–Crippen LogP) is 2.03. The number of hydrogen-bond acceptors (Lipinski definition) is 6. The van der Waals surface area contributed by atoms with Gasteiger partial charge in [0.15, 0.2) is 11.5 Å². The number of hydrogen-bond donors (Lipinski definition) is 2. The average Bonchev–Trinajstić information content (AvgIpc) is 3.01. The van der Waals surface area contributed by atoms with Gasteiger partial charge in [0, 0.05) is 23.1 Å². The summed E-state index contributed by atoms with van der Waals surface area (Å²) in [6.45, 7) is 0.213. The minimum atomic E-state index is -0.569. The molecule has 0 saturated heterocycles. The molecule has 9 heteroatoms. The van der Waals surface area contributed by atoms with Crippen LogP contribution in [0.4, 0.5) is 0 Å². The van der Waals surface area contributed by atoms with E-state index in [0.29, 0.717) is 10.8 Å². The molecule has 2 amide bonds. The van der Waals surface area contributed by atoms with Crippen LogP contribution in [0.25, 0.3) is 0 Å². The first-order valence-corrected chi connectivity index (χ1v) is 7.87. The van der Waals surface area contributed by atoms with E-state index in [1.165, 1.54) is 24.9 Å². The molecule has 0 spiro atoms. The van der Waals surface area contributed by atoms with Crippen LogP contribution >= 0.6 is 23.4 Å². The van der Waals surface area contributed by atoms with Crippen LogP contribution in [-0.4, -0.2) is 29.8 Å². The number of methoxy groups -OCH3 is 1. The van der Waals surface area contributed by atoms with Gasteiger partial charge < -0.3 is 9.26 Å². The maximum Gasteiger partial charge on any atom is 0.291 e. The number of hydrazine groups is 1. The van der Waals surface area contributed by atoms with Crippen LogP contribution in [0.2, 0.25) is 5.02 Å². The Morgan fingerprint density at radius 3 is 2.74 bits per heavy atom. The summed E-state index contributed by atoms with van der Waals surface area (Å²) in [5.41, 5.74) is 4.63. The van der Waals surface area contributed by atoms with Gasteiger partial charge >= 0.3 is 0 Å². The molecule has 0 aliphatic rings. The number of aromatic nitrogens is 1. The Hall–Kier alpha value is -2.03. The van der Waals surface area contributed by atoms with E-state index in [9.17, 15) is 9.59 Å². The van der Waals surface area contributed by atoms with Crippen molar-refractivity contribution in [3.8, 4) is 0 Å². The van der Waals surface area contributed by atoms with Gasteiger partial charge in [0.1, 0.15) is 6.61 Å². The van der Waals surface area contributed by atoms with Crippen LogP contribution in [0.3, 0.4) is 0 Å². The number of nitrogens with zero attached hydrogens (tertiary/aromatic N) is 1. The largest absolute Gasteiger partial charge is 0.377 e. The Bertz CT molecular complexity index is 675. The summed E-state index contributed by atoms with van der Waals surface area (Å²) in [6, 6.07) is 8.54. The molecule has 0 radical (unpaired) electrons. The molecule has 0 fully saturated rings. The molecule has 1 heterocycles. The van der Waals surface area contributed by atoms with Gasteiger partial charge in [-0.3, -0.25) is 20.4 Å².